The second kappa shape index (κ2) is 10.5. The zero-order valence-electron chi connectivity index (χ0n) is 13.0. The van der Waals surface area contributed by atoms with E-state index in [1.807, 2.05) is 30.3 Å². The van der Waals surface area contributed by atoms with Crippen LogP contribution in [0.2, 0.25) is 0 Å². The summed E-state index contributed by atoms with van der Waals surface area (Å²) in [5.74, 6) is 1.38. The van der Waals surface area contributed by atoms with Crippen LogP contribution in [0.5, 0.6) is 5.75 Å². The van der Waals surface area contributed by atoms with Gasteiger partial charge in [0.2, 0.25) is 5.91 Å². The summed E-state index contributed by atoms with van der Waals surface area (Å²) in [6.45, 7) is 0.924. The summed E-state index contributed by atoms with van der Waals surface area (Å²) in [7, 11) is 0. The Morgan fingerprint density at radius 2 is 1.91 bits per heavy atom. The van der Waals surface area contributed by atoms with E-state index in [4.69, 9.17) is 10.5 Å². The lowest BCUT2D eigenvalue weighted by Gasteiger charge is -2.30. The Bertz CT molecular complexity index is 422. The van der Waals surface area contributed by atoms with E-state index >= 15 is 0 Å². The van der Waals surface area contributed by atoms with Crippen LogP contribution in [0.25, 0.3) is 0 Å². The SMILES string of the molecule is Cl.NCC(NC(=O)CCOc1ccccc1)C1CCCCC1. The van der Waals surface area contributed by atoms with Crippen molar-refractivity contribution in [1.29, 1.82) is 0 Å². The molecular formula is C17H27ClN2O2. The minimum absolute atomic E-state index is 0. The molecule has 4 nitrogen and oxygen atoms in total. The van der Waals surface area contributed by atoms with Crippen LogP contribution in [0.4, 0.5) is 0 Å². The van der Waals surface area contributed by atoms with E-state index in [0.29, 0.717) is 25.5 Å². The van der Waals surface area contributed by atoms with E-state index < -0.39 is 0 Å². The summed E-state index contributed by atoms with van der Waals surface area (Å²) in [5.41, 5.74) is 5.83. The topological polar surface area (TPSA) is 64.3 Å². The third-order valence-corrected chi connectivity index (χ3v) is 4.16. The average molecular weight is 327 g/mol. The molecule has 1 aliphatic carbocycles. The second-order valence-electron chi connectivity index (χ2n) is 5.72. The van der Waals surface area contributed by atoms with Crippen molar-refractivity contribution < 1.29 is 9.53 Å². The van der Waals surface area contributed by atoms with E-state index in [2.05, 4.69) is 5.32 Å². The highest BCUT2D eigenvalue weighted by atomic mass is 35.5. The monoisotopic (exact) mass is 326 g/mol. The maximum atomic E-state index is 12.0. The van der Waals surface area contributed by atoms with Gasteiger partial charge in [-0.15, -0.1) is 12.4 Å². The van der Waals surface area contributed by atoms with Gasteiger partial charge in [-0.1, -0.05) is 37.5 Å². The van der Waals surface area contributed by atoms with Crippen molar-refractivity contribution in [1.82, 2.24) is 5.32 Å². The lowest BCUT2D eigenvalue weighted by Crippen LogP contribution is -2.46. The molecule has 0 heterocycles. The molecule has 0 radical (unpaired) electrons. The number of rotatable bonds is 7. The van der Waals surface area contributed by atoms with E-state index in [0.717, 1.165) is 5.75 Å². The molecule has 0 aliphatic heterocycles. The highest BCUT2D eigenvalue weighted by molar-refractivity contribution is 5.85. The first kappa shape index (κ1) is 18.8. The molecule has 22 heavy (non-hydrogen) atoms. The molecule has 1 saturated carbocycles. The highest BCUT2D eigenvalue weighted by Crippen LogP contribution is 2.26. The van der Waals surface area contributed by atoms with Crippen LogP contribution >= 0.6 is 12.4 Å². The van der Waals surface area contributed by atoms with Gasteiger partial charge in [0.25, 0.3) is 0 Å². The largest absolute Gasteiger partial charge is 0.493 e. The van der Waals surface area contributed by atoms with Gasteiger partial charge in [0, 0.05) is 12.6 Å². The Kier molecular flexibility index (Phi) is 8.94. The fourth-order valence-electron chi connectivity index (χ4n) is 2.96. The molecule has 1 aromatic carbocycles. The van der Waals surface area contributed by atoms with Crippen molar-refractivity contribution in [2.24, 2.45) is 11.7 Å². The third-order valence-electron chi connectivity index (χ3n) is 4.16. The van der Waals surface area contributed by atoms with Gasteiger partial charge in [-0.2, -0.15) is 0 Å². The lowest BCUT2D eigenvalue weighted by atomic mass is 9.84. The van der Waals surface area contributed by atoms with Crippen molar-refractivity contribution in [2.45, 2.75) is 44.6 Å². The molecule has 2 rings (SSSR count). The fourth-order valence-corrected chi connectivity index (χ4v) is 2.96. The van der Waals surface area contributed by atoms with Crippen molar-refractivity contribution >= 4 is 18.3 Å². The molecule has 1 aromatic rings. The lowest BCUT2D eigenvalue weighted by molar-refractivity contribution is -0.122. The summed E-state index contributed by atoms with van der Waals surface area (Å²) in [6.07, 6.45) is 6.57. The molecule has 1 fully saturated rings. The van der Waals surface area contributed by atoms with Crippen LogP contribution in [0.15, 0.2) is 30.3 Å². The molecule has 0 bridgehead atoms. The summed E-state index contributed by atoms with van der Waals surface area (Å²) in [6, 6.07) is 9.68. The quantitative estimate of drug-likeness (QED) is 0.809. The number of nitrogens with one attached hydrogen (secondary N) is 1. The number of ether oxygens (including phenoxy) is 1. The fraction of sp³-hybridized carbons (Fsp3) is 0.588. The molecular weight excluding hydrogens is 300 g/mol. The zero-order valence-corrected chi connectivity index (χ0v) is 13.8. The smallest absolute Gasteiger partial charge is 0.223 e. The third kappa shape index (κ3) is 6.24. The molecule has 0 spiro atoms. The highest BCUT2D eigenvalue weighted by Gasteiger charge is 2.23. The Balaban J connectivity index is 0.00000242. The van der Waals surface area contributed by atoms with E-state index in [-0.39, 0.29) is 24.4 Å². The van der Waals surface area contributed by atoms with Crippen LogP contribution in [0.3, 0.4) is 0 Å². The first-order chi connectivity index (χ1) is 10.3. The first-order valence-electron chi connectivity index (χ1n) is 7.97. The average Bonchev–Trinajstić information content (AvgIpc) is 2.54. The molecule has 1 atom stereocenters. The summed E-state index contributed by atoms with van der Waals surface area (Å²) < 4.78 is 5.55. The maximum absolute atomic E-state index is 12.0. The Morgan fingerprint density at radius 3 is 2.55 bits per heavy atom. The Morgan fingerprint density at radius 1 is 1.23 bits per heavy atom. The van der Waals surface area contributed by atoms with Crippen molar-refractivity contribution in [3.8, 4) is 5.75 Å². The van der Waals surface area contributed by atoms with Crippen molar-refractivity contribution in [2.75, 3.05) is 13.2 Å². The first-order valence-corrected chi connectivity index (χ1v) is 7.97. The van der Waals surface area contributed by atoms with Gasteiger partial charge < -0.3 is 15.8 Å². The molecule has 1 unspecified atom stereocenters. The maximum Gasteiger partial charge on any atom is 0.223 e. The van der Waals surface area contributed by atoms with Crippen LogP contribution in [-0.4, -0.2) is 25.1 Å². The van der Waals surface area contributed by atoms with Gasteiger partial charge in [0.15, 0.2) is 0 Å². The number of para-hydroxylation sites is 1. The second-order valence-corrected chi connectivity index (χ2v) is 5.72. The molecule has 5 heteroatoms. The minimum Gasteiger partial charge on any atom is -0.493 e. The van der Waals surface area contributed by atoms with Crippen LogP contribution < -0.4 is 15.8 Å². The van der Waals surface area contributed by atoms with Crippen molar-refractivity contribution in [3.05, 3.63) is 30.3 Å². The number of hydrogen-bond donors (Lipinski definition) is 2. The Labute approximate surface area is 139 Å². The van der Waals surface area contributed by atoms with Gasteiger partial charge in [0.1, 0.15) is 5.75 Å². The van der Waals surface area contributed by atoms with Crippen molar-refractivity contribution in [3.63, 3.8) is 0 Å². The van der Waals surface area contributed by atoms with E-state index in [1.54, 1.807) is 0 Å². The normalized spacial score (nSPS) is 16.4. The zero-order chi connectivity index (χ0) is 14.9. The van der Waals surface area contributed by atoms with Gasteiger partial charge in [-0.3, -0.25) is 4.79 Å². The number of halogens is 1. The van der Waals surface area contributed by atoms with Gasteiger partial charge in [0.05, 0.1) is 13.0 Å². The van der Waals surface area contributed by atoms with Crippen LogP contribution in [0, 0.1) is 5.92 Å². The number of nitrogens with two attached hydrogens (primary N) is 1. The van der Waals surface area contributed by atoms with Crippen LogP contribution in [-0.2, 0) is 4.79 Å². The molecule has 1 amide bonds. The molecule has 0 saturated heterocycles. The number of amides is 1. The standard InChI is InChI=1S/C17H26N2O2.ClH/c18-13-16(14-7-3-1-4-8-14)19-17(20)11-12-21-15-9-5-2-6-10-15;/h2,5-6,9-10,14,16H,1,3-4,7-8,11-13,18H2,(H,19,20);1H. The molecule has 3 N–H and O–H groups in total. The van der Waals surface area contributed by atoms with Gasteiger partial charge in [-0.25, -0.2) is 0 Å². The number of carbonyl (C=O) groups excluding carboxylic acids is 1. The van der Waals surface area contributed by atoms with Gasteiger partial charge >= 0.3 is 0 Å². The molecule has 1 aliphatic rings. The predicted octanol–water partition coefficient (Wildman–Crippen LogP) is 2.90. The summed E-state index contributed by atoms with van der Waals surface area (Å²) >= 11 is 0. The number of hydrogen-bond acceptors (Lipinski definition) is 3. The van der Waals surface area contributed by atoms with E-state index in [9.17, 15) is 4.79 Å². The van der Waals surface area contributed by atoms with Crippen LogP contribution in [0.1, 0.15) is 38.5 Å². The van der Waals surface area contributed by atoms with Gasteiger partial charge in [-0.05, 0) is 30.9 Å². The summed E-state index contributed by atoms with van der Waals surface area (Å²) in [4.78, 5) is 12.0. The minimum atomic E-state index is 0. The number of benzene rings is 1. The molecule has 124 valence electrons. The van der Waals surface area contributed by atoms with E-state index in [1.165, 1.54) is 32.1 Å². The Hall–Kier alpha value is -1.26. The summed E-state index contributed by atoms with van der Waals surface area (Å²) in [5, 5.41) is 3.08. The number of carbonyl (C=O) groups is 1. The molecule has 0 aromatic heterocycles. The predicted molar refractivity (Wildman–Crippen MR) is 91.4 cm³/mol.